The molecule has 0 radical (unpaired) electrons. The molecule has 2 aromatic carbocycles. The van der Waals surface area contributed by atoms with E-state index in [4.69, 9.17) is 33.7 Å². The summed E-state index contributed by atoms with van der Waals surface area (Å²) < 4.78 is 52.6. The Kier molecular flexibility index (Phi) is 10.2. The highest BCUT2D eigenvalue weighted by Crippen LogP contribution is 2.37. The summed E-state index contributed by atoms with van der Waals surface area (Å²) in [6, 6.07) is 11.7. The van der Waals surface area contributed by atoms with Gasteiger partial charge >= 0.3 is 17.9 Å². The van der Waals surface area contributed by atoms with Crippen LogP contribution in [0.2, 0.25) is 0 Å². The Morgan fingerprint density at radius 1 is 0.767 bits per heavy atom. The third-order valence-electron chi connectivity index (χ3n) is 6.51. The number of carboxylic acid groups (broad SMARTS) is 3. The molecule has 15 heteroatoms. The summed E-state index contributed by atoms with van der Waals surface area (Å²) in [5.74, 6) is -1.86. The second kappa shape index (κ2) is 13.4. The molecule has 4 rings (SSSR count). The van der Waals surface area contributed by atoms with Gasteiger partial charge in [-0.25, -0.2) is 0 Å². The van der Waals surface area contributed by atoms with Crippen LogP contribution in [0.1, 0.15) is 18.5 Å². The summed E-state index contributed by atoms with van der Waals surface area (Å²) >= 11 is 0. The first-order chi connectivity index (χ1) is 20.2. The van der Waals surface area contributed by atoms with Gasteiger partial charge in [0.2, 0.25) is 5.52 Å². The summed E-state index contributed by atoms with van der Waals surface area (Å²) in [7, 11) is 1.55. The number of fused-ring (bicyclic) bond motifs is 4. The first-order valence-electron chi connectivity index (χ1n) is 12.5. The largest absolute Gasteiger partial charge is 0.493 e. The van der Waals surface area contributed by atoms with E-state index in [2.05, 4.69) is 6.07 Å². The first kappa shape index (κ1) is 32.6. The van der Waals surface area contributed by atoms with Crippen LogP contribution in [0.3, 0.4) is 0 Å². The van der Waals surface area contributed by atoms with Crippen LogP contribution in [0.5, 0.6) is 23.0 Å². The summed E-state index contributed by atoms with van der Waals surface area (Å²) in [5, 5.41) is 27.0. The van der Waals surface area contributed by atoms with Crippen LogP contribution in [-0.4, -0.2) is 79.9 Å². The van der Waals surface area contributed by atoms with E-state index < -0.39 is 39.7 Å². The molecule has 0 spiro atoms. The van der Waals surface area contributed by atoms with Gasteiger partial charge < -0.3 is 34.3 Å². The highest BCUT2D eigenvalue weighted by Gasteiger charge is 2.33. The summed E-state index contributed by atoms with van der Waals surface area (Å²) in [6.45, 7) is 0. The lowest BCUT2D eigenvalue weighted by Gasteiger charge is -2.12. The van der Waals surface area contributed by atoms with Crippen LogP contribution in [0, 0.1) is 0 Å². The smallest absolute Gasteiger partial charge is 0.325 e. The molecule has 1 unspecified atom stereocenters. The van der Waals surface area contributed by atoms with E-state index >= 15 is 0 Å². The number of carboxylic acids is 3. The average molecular weight is 621 g/mol. The van der Waals surface area contributed by atoms with Crippen molar-refractivity contribution in [1.82, 2.24) is 0 Å². The van der Waals surface area contributed by atoms with Gasteiger partial charge in [0.25, 0.3) is 10.1 Å². The van der Waals surface area contributed by atoms with E-state index in [1.54, 1.807) is 28.4 Å². The Bertz CT molecular complexity index is 1820. The van der Waals surface area contributed by atoms with Crippen molar-refractivity contribution in [3.8, 4) is 23.0 Å². The van der Waals surface area contributed by atoms with Crippen molar-refractivity contribution < 1.29 is 66.0 Å². The molecule has 0 amide bonds. The van der Waals surface area contributed by atoms with Crippen molar-refractivity contribution in [3.05, 3.63) is 48.3 Å². The minimum atomic E-state index is -4.84. The molecule has 1 atom stereocenters. The van der Waals surface area contributed by atoms with Crippen LogP contribution < -0.4 is 23.3 Å². The van der Waals surface area contributed by atoms with Crippen LogP contribution in [-0.2, 0) is 30.9 Å². The SMILES string of the molecule is COc1cc2cc3c4cc(OC)c(OC)cc4cc[n+]3c(CCC(=O)O)c2cc1OC.O=C(O)CC(C(=O)O)S(=O)(=O)O. The van der Waals surface area contributed by atoms with Crippen LogP contribution in [0.15, 0.2) is 42.6 Å². The standard InChI is InChI=1S/C24H23NO6.C4H6O7S/c1-28-20-10-14-7-8-25-18(5-6-24(26)27)17-13-23(31-4)21(29-2)11-15(17)9-19(25)16(14)12-22(20)30-3;5-3(6)1-2(4(7)8)12(9,10)11/h7-13H,5-6H2,1-4H3;2H,1H2,(H,5,6)(H,7,8)(H,9,10,11)/p+1. The molecule has 0 bridgehead atoms. The number of pyridine rings is 2. The number of hydrogen-bond donors (Lipinski definition) is 4. The number of aryl methyl sites for hydroxylation is 1. The Hall–Kier alpha value is -4.89. The van der Waals surface area contributed by atoms with Crippen molar-refractivity contribution in [2.75, 3.05) is 28.4 Å². The molecule has 230 valence electrons. The number of methoxy groups -OCH3 is 4. The predicted molar refractivity (Wildman–Crippen MR) is 152 cm³/mol. The van der Waals surface area contributed by atoms with Crippen LogP contribution >= 0.6 is 0 Å². The zero-order valence-corrected chi connectivity index (χ0v) is 24.4. The molecular formula is C28H30NO13S+. The second-order valence-corrected chi connectivity index (χ2v) is 10.7. The van der Waals surface area contributed by atoms with Crippen molar-refractivity contribution in [2.24, 2.45) is 0 Å². The molecule has 0 aliphatic heterocycles. The van der Waals surface area contributed by atoms with Crippen LogP contribution in [0.25, 0.3) is 27.1 Å². The van der Waals surface area contributed by atoms with E-state index in [0.29, 0.717) is 29.4 Å². The molecule has 4 N–H and O–H groups in total. The number of aliphatic carboxylic acids is 3. The molecule has 0 saturated heterocycles. The Labute approximate surface area is 245 Å². The second-order valence-electron chi connectivity index (χ2n) is 9.08. The average Bonchev–Trinajstić information content (AvgIpc) is 2.95. The maximum atomic E-state index is 11.4. The van der Waals surface area contributed by atoms with Gasteiger partial charge in [0.1, 0.15) is 0 Å². The van der Waals surface area contributed by atoms with E-state index in [0.717, 1.165) is 32.8 Å². The monoisotopic (exact) mass is 620 g/mol. The number of aromatic nitrogens is 1. The van der Waals surface area contributed by atoms with Crippen molar-refractivity contribution >= 4 is 55.1 Å². The molecule has 43 heavy (non-hydrogen) atoms. The fourth-order valence-electron chi connectivity index (χ4n) is 4.50. The molecule has 0 fully saturated rings. The van der Waals surface area contributed by atoms with Gasteiger partial charge in [-0.1, -0.05) is 0 Å². The van der Waals surface area contributed by atoms with Gasteiger partial charge in [-0.05, 0) is 35.0 Å². The molecular weight excluding hydrogens is 590 g/mol. The number of hydrogen-bond acceptors (Lipinski definition) is 9. The molecule has 2 heterocycles. The molecule has 0 aliphatic rings. The van der Waals surface area contributed by atoms with E-state index in [1.807, 2.05) is 40.9 Å². The topological polar surface area (TPSA) is 207 Å². The maximum Gasteiger partial charge on any atom is 0.325 e. The van der Waals surface area contributed by atoms with E-state index in [9.17, 15) is 27.9 Å². The molecule has 0 aliphatic carbocycles. The van der Waals surface area contributed by atoms with E-state index in [-0.39, 0.29) is 6.42 Å². The quantitative estimate of drug-likeness (QED) is 0.0824. The minimum absolute atomic E-state index is 0.0134. The lowest BCUT2D eigenvalue weighted by Crippen LogP contribution is -2.31. The Balaban J connectivity index is 0.000000359. The third kappa shape index (κ3) is 7.31. The number of rotatable bonds is 11. The summed E-state index contributed by atoms with van der Waals surface area (Å²) in [5.41, 5.74) is 1.81. The lowest BCUT2D eigenvalue weighted by molar-refractivity contribution is -0.518. The third-order valence-corrected chi connectivity index (χ3v) is 7.60. The minimum Gasteiger partial charge on any atom is -0.493 e. The van der Waals surface area contributed by atoms with E-state index in [1.165, 1.54) is 0 Å². The van der Waals surface area contributed by atoms with Gasteiger partial charge in [-0.2, -0.15) is 12.8 Å². The fourth-order valence-corrected chi connectivity index (χ4v) is 5.11. The lowest BCUT2D eigenvalue weighted by atomic mass is 10.0. The van der Waals surface area contributed by atoms with Crippen LogP contribution in [0.4, 0.5) is 0 Å². The van der Waals surface area contributed by atoms with Crippen molar-refractivity contribution in [3.63, 3.8) is 0 Å². The number of benzene rings is 2. The maximum absolute atomic E-state index is 11.4. The highest BCUT2D eigenvalue weighted by molar-refractivity contribution is 7.87. The number of nitrogens with zero attached hydrogens (tertiary/aromatic N) is 1. The molecule has 4 aromatic rings. The fraction of sp³-hybridized carbons (Fsp3) is 0.286. The zero-order chi connectivity index (χ0) is 32.1. The van der Waals surface area contributed by atoms with Crippen molar-refractivity contribution in [1.29, 1.82) is 0 Å². The van der Waals surface area contributed by atoms with Gasteiger partial charge in [-0.15, -0.1) is 0 Å². The predicted octanol–water partition coefficient (Wildman–Crippen LogP) is 2.59. The summed E-state index contributed by atoms with van der Waals surface area (Å²) in [4.78, 5) is 31.4. The molecule has 2 aromatic heterocycles. The van der Waals surface area contributed by atoms with Crippen molar-refractivity contribution in [2.45, 2.75) is 24.5 Å². The molecule has 0 saturated carbocycles. The zero-order valence-electron chi connectivity index (χ0n) is 23.6. The normalized spacial score (nSPS) is 11.8. The molecule has 14 nitrogen and oxygen atoms in total. The Morgan fingerprint density at radius 2 is 1.28 bits per heavy atom. The highest BCUT2D eigenvalue weighted by atomic mass is 32.2. The van der Waals surface area contributed by atoms with Gasteiger partial charge in [0, 0.05) is 18.6 Å². The summed E-state index contributed by atoms with van der Waals surface area (Å²) in [6.07, 6.45) is 1.17. The van der Waals surface area contributed by atoms with Gasteiger partial charge in [-0.3, -0.25) is 18.9 Å². The Morgan fingerprint density at radius 3 is 1.72 bits per heavy atom. The first-order valence-corrected chi connectivity index (χ1v) is 14.0. The van der Waals surface area contributed by atoms with Gasteiger partial charge in [0.15, 0.2) is 40.1 Å². The van der Waals surface area contributed by atoms with Gasteiger partial charge in [0.05, 0.1) is 52.1 Å². The number of carbonyl (C=O) groups is 3. The number of ether oxygens (including phenoxy) is 4.